The van der Waals surface area contributed by atoms with E-state index in [9.17, 15) is 9.59 Å². The second kappa shape index (κ2) is 6.96. The molecule has 0 spiro atoms. The molecule has 0 aliphatic rings. The molecule has 0 fully saturated rings. The fourth-order valence-electron chi connectivity index (χ4n) is 1.35. The molecule has 100 valence electrons. The summed E-state index contributed by atoms with van der Waals surface area (Å²) < 4.78 is 0. The Morgan fingerprint density at radius 1 is 1.58 bits per heavy atom. The maximum absolute atomic E-state index is 11.7. The molecule has 2 amide bonds. The SMILES string of the molecule is C#CCN(CC(=O)O)C(=O)NCc1ccnc(C)n1. The number of hydrogen-bond acceptors (Lipinski definition) is 4. The molecule has 0 aromatic carbocycles. The van der Waals surface area contributed by atoms with Crippen LogP contribution in [0.3, 0.4) is 0 Å². The van der Waals surface area contributed by atoms with Crippen molar-refractivity contribution in [3.05, 3.63) is 23.8 Å². The summed E-state index contributed by atoms with van der Waals surface area (Å²) >= 11 is 0. The quantitative estimate of drug-likeness (QED) is 0.729. The number of amides is 2. The number of terminal acetylenes is 1. The summed E-state index contributed by atoms with van der Waals surface area (Å²) in [6.45, 7) is 1.41. The second-order valence-corrected chi connectivity index (χ2v) is 3.71. The van der Waals surface area contributed by atoms with Gasteiger partial charge in [-0.1, -0.05) is 5.92 Å². The molecule has 0 saturated carbocycles. The predicted octanol–water partition coefficient (Wildman–Crippen LogP) is 0.0144. The van der Waals surface area contributed by atoms with E-state index in [0.29, 0.717) is 11.5 Å². The van der Waals surface area contributed by atoms with E-state index in [1.807, 2.05) is 0 Å². The number of hydrogen-bond donors (Lipinski definition) is 2. The minimum absolute atomic E-state index is 0.0685. The highest BCUT2D eigenvalue weighted by Crippen LogP contribution is 1.96. The molecule has 19 heavy (non-hydrogen) atoms. The van der Waals surface area contributed by atoms with Gasteiger partial charge in [-0.3, -0.25) is 4.79 Å². The molecule has 7 heteroatoms. The molecule has 0 atom stereocenters. The first-order valence-corrected chi connectivity index (χ1v) is 5.49. The highest BCUT2D eigenvalue weighted by molar-refractivity contribution is 5.80. The summed E-state index contributed by atoms with van der Waals surface area (Å²) in [6, 6.07) is 1.12. The minimum Gasteiger partial charge on any atom is -0.480 e. The van der Waals surface area contributed by atoms with Crippen LogP contribution in [-0.4, -0.2) is 45.1 Å². The van der Waals surface area contributed by atoms with Crippen LogP contribution in [0.1, 0.15) is 11.5 Å². The van der Waals surface area contributed by atoms with Crippen LogP contribution in [-0.2, 0) is 11.3 Å². The van der Waals surface area contributed by atoms with E-state index < -0.39 is 18.5 Å². The van der Waals surface area contributed by atoms with Crippen LogP contribution in [0.2, 0.25) is 0 Å². The van der Waals surface area contributed by atoms with Crippen LogP contribution in [0.4, 0.5) is 4.79 Å². The van der Waals surface area contributed by atoms with Gasteiger partial charge in [-0.15, -0.1) is 6.42 Å². The Hall–Kier alpha value is -2.62. The zero-order valence-corrected chi connectivity index (χ0v) is 10.5. The van der Waals surface area contributed by atoms with Crippen LogP contribution >= 0.6 is 0 Å². The summed E-state index contributed by atoms with van der Waals surface area (Å²) in [7, 11) is 0. The zero-order valence-electron chi connectivity index (χ0n) is 10.5. The third kappa shape index (κ3) is 5.04. The van der Waals surface area contributed by atoms with Gasteiger partial charge in [0.25, 0.3) is 0 Å². The van der Waals surface area contributed by atoms with Gasteiger partial charge in [0.2, 0.25) is 0 Å². The van der Waals surface area contributed by atoms with Gasteiger partial charge in [-0.2, -0.15) is 0 Å². The molecule has 1 aromatic heterocycles. The van der Waals surface area contributed by atoms with Crippen LogP contribution in [0.5, 0.6) is 0 Å². The monoisotopic (exact) mass is 262 g/mol. The van der Waals surface area contributed by atoms with Crippen molar-refractivity contribution in [2.75, 3.05) is 13.1 Å². The molecule has 0 radical (unpaired) electrons. The molecular formula is C12H14N4O3. The molecular weight excluding hydrogens is 248 g/mol. The lowest BCUT2D eigenvalue weighted by molar-refractivity contribution is -0.137. The van der Waals surface area contributed by atoms with Crippen molar-refractivity contribution >= 4 is 12.0 Å². The number of nitrogens with zero attached hydrogens (tertiary/aromatic N) is 3. The third-order valence-electron chi connectivity index (χ3n) is 2.15. The first-order valence-electron chi connectivity index (χ1n) is 5.49. The van der Waals surface area contributed by atoms with E-state index in [4.69, 9.17) is 11.5 Å². The summed E-state index contributed by atoms with van der Waals surface area (Å²) in [5, 5.41) is 11.2. The number of nitrogens with one attached hydrogen (secondary N) is 1. The van der Waals surface area contributed by atoms with Gasteiger partial charge in [-0.25, -0.2) is 14.8 Å². The van der Waals surface area contributed by atoms with E-state index in [1.165, 1.54) is 0 Å². The molecule has 1 heterocycles. The first kappa shape index (κ1) is 14.4. The van der Waals surface area contributed by atoms with Gasteiger partial charge in [0.1, 0.15) is 12.4 Å². The summed E-state index contributed by atoms with van der Waals surface area (Å²) in [5.41, 5.74) is 0.636. The Balaban J connectivity index is 2.57. The van der Waals surface area contributed by atoms with Gasteiger partial charge in [-0.05, 0) is 13.0 Å². The van der Waals surface area contributed by atoms with E-state index in [0.717, 1.165) is 4.90 Å². The van der Waals surface area contributed by atoms with Gasteiger partial charge >= 0.3 is 12.0 Å². The number of carbonyl (C=O) groups excluding carboxylic acids is 1. The lowest BCUT2D eigenvalue weighted by Gasteiger charge is -2.18. The fourth-order valence-corrected chi connectivity index (χ4v) is 1.35. The van der Waals surface area contributed by atoms with Gasteiger partial charge in [0, 0.05) is 6.20 Å². The van der Waals surface area contributed by atoms with Crippen molar-refractivity contribution in [2.45, 2.75) is 13.5 Å². The molecule has 0 saturated heterocycles. The smallest absolute Gasteiger partial charge is 0.323 e. The summed E-state index contributed by atoms with van der Waals surface area (Å²) in [5.74, 6) is 1.71. The molecule has 0 bridgehead atoms. The third-order valence-corrected chi connectivity index (χ3v) is 2.15. The number of urea groups is 1. The Kier molecular flexibility index (Phi) is 5.29. The van der Waals surface area contributed by atoms with Crippen molar-refractivity contribution in [1.29, 1.82) is 0 Å². The van der Waals surface area contributed by atoms with Crippen LogP contribution in [0, 0.1) is 19.3 Å². The Bertz CT molecular complexity index is 510. The van der Waals surface area contributed by atoms with E-state index >= 15 is 0 Å². The van der Waals surface area contributed by atoms with E-state index in [1.54, 1.807) is 19.2 Å². The highest BCUT2D eigenvalue weighted by Gasteiger charge is 2.15. The standard InChI is InChI=1S/C12H14N4O3/c1-3-6-16(8-11(17)18)12(19)14-7-10-4-5-13-9(2)15-10/h1,4-5H,6-8H2,2H3,(H,14,19)(H,17,18). The average Bonchev–Trinajstić information content (AvgIpc) is 2.35. The molecule has 2 N–H and O–H groups in total. The van der Waals surface area contributed by atoms with Crippen molar-refractivity contribution in [2.24, 2.45) is 0 Å². The Labute approximate surface area is 110 Å². The number of carbonyl (C=O) groups is 2. The van der Waals surface area contributed by atoms with Gasteiger partial charge in [0.15, 0.2) is 0 Å². The average molecular weight is 262 g/mol. The van der Waals surface area contributed by atoms with Crippen LogP contribution in [0.15, 0.2) is 12.3 Å². The first-order chi connectivity index (χ1) is 9.02. The molecule has 0 aliphatic carbocycles. The van der Waals surface area contributed by atoms with Crippen molar-refractivity contribution in [3.8, 4) is 12.3 Å². The number of aromatic nitrogens is 2. The Morgan fingerprint density at radius 3 is 2.89 bits per heavy atom. The van der Waals surface area contributed by atoms with Gasteiger partial charge in [0.05, 0.1) is 18.8 Å². The van der Waals surface area contributed by atoms with Crippen molar-refractivity contribution in [3.63, 3.8) is 0 Å². The largest absolute Gasteiger partial charge is 0.480 e. The number of rotatable bonds is 5. The second-order valence-electron chi connectivity index (χ2n) is 3.71. The number of carboxylic acid groups (broad SMARTS) is 1. The van der Waals surface area contributed by atoms with Crippen LogP contribution in [0.25, 0.3) is 0 Å². The fraction of sp³-hybridized carbons (Fsp3) is 0.333. The van der Waals surface area contributed by atoms with E-state index in [2.05, 4.69) is 21.2 Å². The van der Waals surface area contributed by atoms with Crippen LogP contribution < -0.4 is 5.32 Å². The molecule has 1 aromatic rings. The number of aryl methyl sites for hydroxylation is 1. The maximum Gasteiger partial charge on any atom is 0.323 e. The molecule has 7 nitrogen and oxygen atoms in total. The topological polar surface area (TPSA) is 95.4 Å². The summed E-state index contributed by atoms with van der Waals surface area (Å²) in [6.07, 6.45) is 6.67. The van der Waals surface area contributed by atoms with Crippen molar-refractivity contribution < 1.29 is 14.7 Å². The molecule has 0 unspecified atom stereocenters. The summed E-state index contributed by atoms with van der Waals surface area (Å²) in [4.78, 5) is 31.4. The minimum atomic E-state index is -1.12. The van der Waals surface area contributed by atoms with Crippen molar-refractivity contribution in [1.82, 2.24) is 20.2 Å². The number of aliphatic carboxylic acids is 1. The Morgan fingerprint density at radius 2 is 2.32 bits per heavy atom. The molecule has 0 aliphatic heterocycles. The lowest BCUT2D eigenvalue weighted by atomic mass is 10.4. The predicted molar refractivity (Wildman–Crippen MR) is 67.0 cm³/mol. The van der Waals surface area contributed by atoms with Gasteiger partial charge < -0.3 is 15.3 Å². The maximum atomic E-state index is 11.7. The normalized spacial score (nSPS) is 9.47. The van der Waals surface area contributed by atoms with E-state index in [-0.39, 0.29) is 13.1 Å². The number of carboxylic acids is 1. The zero-order chi connectivity index (χ0) is 14.3. The lowest BCUT2D eigenvalue weighted by Crippen LogP contribution is -2.42. The highest BCUT2D eigenvalue weighted by atomic mass is 16.4. The molecule has 1 rings (SSSR count).